The molecule has 1 saturated heterocycles. The fourth-order valence-electron chi connectivity index (χ4n) is 3.55. The first-order chi connectivity index (χ1) is 12.7. The minimum absolute atomic E-state index is 0.473. The smallest absolute Gasteiger partial charge is 0.259 e. The first-order valence-corrected chi connectivity index (χ1v) is 9.32. The van der Waals surface area contributed by atoms with E-state index in [1.165, 1.54) is 37.9 Å². The summed E-state index contributed by atoms with van der Waals surface area (Å²) in [5, 5.41) is 3.82. The Hall–Kier alpha value is -2.53. The van der Waals surface area contributed by atoms with Crippen LogP contribution in [0.25, 0.3) is 22.7 Å². The zero-order valence-electron chi connectivity index (χ0n) is 15.4. The maximum Gasteiger partial charge on any atom is 0.259 e. The molecular weight excluding hydrogens is 324 g/mol. The fraction of sp³-hybridized carbons (Fsp3) is 0.381. The predicted molar refractivity (Wildman–Crippen MR) is 102 cm³/mol. The Bertz CT molecular complexity index is 848. The van der Waals surface area contributed by atoms with Gasteiger partial charge in [-0.1, -0.05) is 35.8 Å². The molecule has 3 aromatic rings. The summed E-state index contributed by atoms with van der Waals surface area (Å²) >= 11 is 0. The van der Waals surface area contributed by atoms with Crippen molar-refractivity contribution < 1.29 is 4.52 Å². The van der Waals surface area contributed by atoms with E-state index in [-0.39, 0.29) is 0 Å². The molecule has 1 aromatic carbocycles. The van der Waals surface area contributed by atoms with Gasteiger partial charge in [-0.25, -0.2) is 0 Å². The fourth-order valence-corrected chi connectivity index (χ4v) is 3.55. The third-order valence-corrected chi connectivity index (χ3v) is 5.17. The van der Waals surface area contributed by atoms with Crippen molar-refractivity contribution in [1.82, 2.24) is 20.0 Å². The Morgan fingerprint density at radius 2 is 1.69 bits per heavy atom. The number of nitrogens with zero attached hydrogens (tertiary/aromatic N) is 4. The average molecular weight is 348 g/mol. The van der Waals surface area contributed by atoms with Gasteiger partial charge in [-0.15, -0.1) is 0 Å². The highest BCUT2D eigenvalue weighted by atomic mass is 16.5. The molecule has 0 unspecified atom stereocenters. The maximum absolute atomic E-state index is 5.19. The first-order valence-electron chi connectivity index (χ1n) is 9.32. The Labute approximate surface area is 154 Å². The van der Waals surface area contributed by atoms with Crippen molar-refractivity contribution in [3.63, 3.8) is 0 Å². The lowest BCUT2D eigenvalue weighted by Gasteiger charge is -2.32. The molecule has 0 aliphatic carbocycles. The molecule has 4 rings (SSSR count). The molecule has 134 valence electrons. The van der Waals surface area contributed by atoms with E-state index >= 15 is 0 Å². The summed E-state index contributed by atoms with van der Waals surface area (Å²) < 4.78 is 5.19. The number of pyridine rings is 1. The number of rotatable bonds is 4. The molecule has 1 aliphatic heterocycles. The number of likely N-dealkylation sites (tertiary alicyclic amines) is 1. The molecule has 26 heavy (non-hydrogen) atoms. The molecular formula is C21H24N4O. The molecule has 1 aliphatic rings. The number of hydrogen-bond acceptors (Lipinski definition) is 5. The van der Waals surface area contributed by atoms with Gasteiger partial charge in [0.1, 0.15) is 0 Å². The van der Waals surface area contributed by atoms with Crippen LogP contribution in [-0.2, 0) is 0 Å². The summed E-state index contributed by atoms with van der Waals surface area (Å²) in [6.45, 7) is 6.53. The van der Waals surface area contributed by atoms with Crippen molar-refractivity contribution in [2.75, 3.05) is 13.1 Å². The Kier molecular flexibility index (Phi) is 4.80. The summed E-state index contributed by atoms with van der Waals surface area (Å²) in [4.78, 5) is 11.4. The normalized spacial score (nSPS) is 16.5. The minimum Gasteiger partial charge on any atom is -0.334 e. The van der Waals surface area contributed by atoms with E-state index in [0.29, 0.717) is 17.8 Å². The predicted octanol–water partition coefficient (Wildman–Crippen LogP) is 4.65. The summed E-state index contributed by atoms with van der Waals surface area (Å²) in [6.07, 6.45) is 5.79. The van der Waals surface area contributed by atoms with Crippen LogP contribution in [0.2, 0.25) is 0 Å². The van der Waals surface area contributed by atoms with Gasteiger partial charge in [0.25, 0.3) is 5.89 Å². The van der Waals surface area contributed by atoms with E-state index in [1.807, 2.05) is 12.1 Å². The van der Waals surface area contributed by atoms with Gasteiger partial charge in [-0.2, -0.15) is 4.98 Å². The molecule has 0 bridgehead atoms. The largest absolute Gasteiger partial charge is 0.334 e. The van der Waals surface area contributed by atoms with Crippen LogP contribution in [0, 0.1) is 6.92 Å². The van der Waals surface area contributed by atoms with Crippen LogP contribution in [0.3, 0.4) is 0 Å². The third kappa shape index (κ3) is 3.53. The second kappa shape index (κ2) is 7.38. The topological polar surface area (TPSA) is 55.1 Å². The Morgan fingerprint density at radius 3 is 2.31 bits per heavy atom. The van der Waals surface area contributed by atoms with Gasteiger partial charge >= 0.3 is 0 Å². The van der Waals surface area contributed by atoms with Crippen LogP contribution in [0.5, 0.6) is 0 Å². The lowest BCUT2D eigenvalue weighted by molar-refractivity contribution is 0.175. The van der Waals surface area contributed by atoms with Crippen LogP contribution < -0.4 is 0 Å². The van der Waals surface area contributed by atoms with Gasteiger partial charge in [0.15, 0.2) is 5.82 Å². The van der Waals surface area contributed by atoms with E-state index in [1.54, 1.807) is 13.1 Å². The minimum atomic E-state index is 0.473. The highest BCUT2D eigenvalue weighted by Crippen LogP contribution is 2.27. The molecule has 1 atom stereocenters. The molecule has 5 nitrogen and oxygen atoms in total. The molecule has 0 amide bonds. The summed E-state index contributed by atoms with van der Waals surface area (Å²) in [7, 11) is 0. The second-order valence-electron chi connectivity index (χ2n) is 6.97. The van der Waals surface area contributed by atoms with E-state index in [0.717, 1.165) is 16.8 Å². The molecule has 0 spiro atoms. The molecule has 0 saturated carbocycles. The second-order valence-corrected chi connectivity index (χ2v) is 6.97. The maximum atomic E-state index is 5.19. The zero-order valence-corrected chi connectivity index (χ0v) is 15.4. The van der Waals surface area contributed by atoms with Crippen LogP contribution in [-0.4, -0.2) is 33.1 Å². The lowest BCUT2D eigenvalue weighted by Crippen LogP contribution is -2.32. The van der Waals surface area contributed by atoms with E-state index < -0.39 is 0 Å². The zero-order chi connectivity index (χ0) is 17.9. The number of benzene rings is 1. The lowest BCUT2D eigenvalue weighted by atomic mass is 10.0. The molecule has 2 aromatic heterocycles. The van der Waals surface area contributed by atoms with E-state index in [9.17, 15) is 0 Å². The average Bonchev–Trinajstić information content (AvgIpc) is 3.15. The summed E-state index contributed by atoms with van der Waals surface area (Å²) in [6, 6.07) is 13.2. The number of aromatic nitrogens is 3. The molecule has 0 N–H and O–H groups in total. The van der Waals surface area contributed by atoms with Gasteiger partial charge < -0.3 is 4.52 Å². The van der Waals surface area contributed by atoms with Gasteiger partial charge in [-0.05, 0) is 57.5 Å². The monoisotopic (exact) mass is 348 g/mol. The molecule has 0 radical (unpaired) electrons. The van der Waals surface area contributed by atoms with Crippen LogP contribution in [0.15, 0.2) is 47.1 Å². The summed E-state index contributed by atoms with van der Waals surface area (Å²) in [5.41, 5.74) is 4.27. The Balaban J connectivity index is 1.49. The quantitative estimate of drug-likeness (QED) is 0.687. The van der Waals surface area contributed by atoms with Gasteiger partial charge in [0.05, 0.1) is 11.3 Å². The van der Waals surface area contributed by atoms with E-state index in [4.69, 9.17) is 4.52 Å². The highest BCUT2D eigenvalue weighted by Gasteiger charge is 2.18. The van der Waals surface area contributed by atoms with Crippen LogP contribution in [0.1, 0.15) is 43.6 Å². The number of aryl methyl sites for hydroxylation is 1. The Morgan fingerprint density at radius 1 is 0.962 bits per heavy atom. The third-order valence-electron chi connectivity index (χ3n) is 5.17. The van der Waals surface area contributed by atoms with Crippen molar-refractivity contribution in [2.24, 2.45) is 0 Å². The molecule has 1 fully saturated rings. The van der Waals surface area contributed by atoms with E-state index in [2.05, 4.69) is 51.2 Å². The summed E-state index contributed by atoms with van der Waals surface area (Å²) in [5.74, 6) is 1.13. The first kappa shape index (κ1) is 16.9. The number of piperidine rings is 1. The number of hydrogen-bond donors (Lipinski definition) is 0. The van der Waals surface area contributed by atoms with Crippen molar-refractivity contribution in [3.05, 3.63) is 54.0 Å². The van der Waals surface area contributed by atoms with Crippen molar-refractivity contribution >= 4 is 0 Å². The van der Waals surface area contributed by atoms with Crippen molar-refractivity contribution in [2.45, 2.75) is 39.2 Å². The van der Waals surface area contributed by atoms with Crippen LogP contribution >= 0.6 is 0 Å². The molecule has 5 heteroatoms. The van der Waals surface area contributed by atoms with Crippen molar-refractivity contribution in [1.29, 1.82) is 0 Å². The van der Waals surface area contributed by atoms with Crippen molar-refractivity contribution in [3.8, 4) is 22.7 Å². The van der Waals surface area contributed by atoms with Gasteiger partial charge in [0.2, 0.25) is 0 Å². The highest BCUT2D eigenvalue weighted by molar-refractivity contribution is 5.62. The standard InChI is InChI=1S/C21H24N4O/c1-15(25-12-4-3-5-13-25)17-6-8-18(9-7-17)20-11-10-19(14-22-20)21-23-16(2)24-26-21/h6-11,14-15H,3-5,12-13H2,1-2H3/t15-/m0/s1. The van der Waals surface area contributed by atoms with Crippen LogP contribution in [0.4, 0.5) is 0 Å². The SMILES string of the molecule is Cc1noc(-c2ccc(-c3ccc([C@H](C)N4CCCCC4)cc3)nc2)n1. The van der Waals surface area contributed by atoms with Gasteiger partial charge in [0, 0.05) is 17.8 Å². The molecule has 3 heterocycles. The van der Waals surface area contributed by atoms with Gasteiger partial charge in [-0.3, -0.25) is 9.88 Å².